The van der Waals surface area contributed by atoms with E-state index in [1.807, 2.05) is 5.32 Å². The van der Waals surface area contributed by atoms with E-state index < -0.39 is 24.3 Å². The van der Waals surface area contributed by atoms with Crippen LogP contribution in [-0.4, -0.2) is 29.1 Å². The lowest BCUT2D eigenvalue weighted by molar-refractivity contribution is -0.170. The number of alkyl halides is 5. The third-order valence-electron chi connectivity index (χ3n) is 2.32. The number of carbonyl (C=O) groups excluding carboxylic acids is 1. The molecule has 0 heterocycles. The van der Waals surface area contributed by atoms with Crippen LogP contribution in [0.1, 0.15) is 19.3 Å². The molecule has 7 heteroatoms. The molecule has 1 amide bonds. The minimum atomic E-state index is -4.60. The Kier molecular flexibility index (Phi) is 3.97. The first-order valence-corrected chi connectivity index (χ1v) is 5.38. The average Bonchev–Trinajstić information content (AvgIpc) is 2.51. The zero-order chi connectivity index (χ0) is 11.6. The number of rotatable bonds is 3. The van der Waals surface area contributed by atoms with Crippen LogP contribution in [0.15, 0.2) is 0 Å². The normalized spacial score (nSPS) is 27.1. The molecule has 0 aromatic heterocycles. The summed E-state index contributed by atoms with van der Waals surface area (Å²) in [6, 6.07) is -0.484. The van der Waals surface area contributed by atoms with Crippen molar-refractivity contribution in [2.45, 2.75) is 42.5 Å². The number of amides is 1. The van der Waals surface area contributed by atoms with Gasteiger partial charge in [0, 0.05) is 10.9 Å². The van der Waals surface area contributed by atoms with Gasteiger partial charge < -0.3 is 5.32 Å². The number of halogens is 5. The Morgan fingerprint density at radius 2 is 2.00 bits per heavy atom. The molecule has 1 fully saturated rings. The minimum Gasteiger partial charge on any atom is -0.347 e. The van der Waals surface area contributed by atoms with Gasteiger partial charge in [0.25, 0.3) is 5.91 Å². The molecule has 2 nitrogen and oxygen atoms in total. The van der Waals surface area contributed by atoms with Crippen LogP contribution in [0.25, 0.3) is 0 Å². The largest absolute Gasteiger partial charge is 0.383 e. The molecule has 2 unspecified atom stereocenters. The highest BCUT2D eigenvalue weighted by Gasteiger charge is 2.49. The maximum atomic E-state index is 12.5. The van der Waals surface area contributed by atoms with Crippen LogP contribution in [0.2, 0.25) is 0 Å². The van der Waals surface area contributed by atoms with Crippen LogP contribution in [0.5, 0.6) is 0 Å². The summed E-state index contributed by atoms with van der Waals surface area (Å²) >= 11 is 3.19. The molecule has 0 aromatic carbocycles. The molecule has 0 radical (unpaired) electrons. The molecule has 88 valence electrons. The van der Waals surface area contributed by atoms with Gasteiger partial charge in [-0.15, -0.1) is 0 Å². The summed E-state index contributed by atoms with van der Waals surface area (Å²) in [6.45, 7) is 0. The molecule has 2 atom stereocenters. The minimum absolute atomic E-state index is 0.116. The molecular weight excluding hydrogens is 282 g/mol. The van der Waals surface area contributed by atoms with E-state index in [1.165, 1.54) is 0 Å². The van der Waals surface area contributed by atoms with Crippen molar-refractivity contribution in [3.05, 3.63) is 0 Å². The van der Waals surface area contributed by atoms with Crippen molar-refractivity contribution in [3.63, 3.8) is 0 Å². The summed E-state index contributed by atoms with van der Waals surface area (Å²) < 4.78 is 48.7. The smallest absolute Gasteiger partial charge is 0.347 e. The maximum absolute atomic E-state index is 12.5. The summed E-state index contributed by atoms with van der Waals surface area (Å²) in [5, 5.41) is 1.93. The molecule has 0 spiro atoms. The quantitative estimate of drug-likeness (QED) is 0.628. The number of carbonyl (C=O) groups is 1. The SMILES string of the molecule is O=C(NC1CCCC1Br)C(F)(F)C(F)F. The highest BCUT2D eigenvalue weighted by atomic mass is 79.9. The van der Waals surface area contributed by atoms with Crippen LogP contribution in [0, 0.1) is 0 Å². The van der Waals surface area contributed by atoms with Gasteiger partial charge in [0.2, 0.25) is 0 Å². The standard InChI is InChI=1S/C8H10BrF4NO/c9-4-2-1-3-5(4)14-7(15)8(12,13)6(10)11/h4-6H,1-3H2,(H,14,15). The topological polar surface area (TPSA) is 29.1 Å². The summed E-state index contributed by atoms with van der Waals surface area (Å²) in [7, 11) is 0. The molecule has 0 bridgehead atoms. The van der Waals surface area contributed by atoms with Gasteiger partial charge in [-0.05, 0) is 12.8 Å². The first kappa shape index (κ1) is 12.7. The van der Waals surface area contributed by atoms with E-state index in [9.17, 15) is 22.4 Å². The molecule has 1 N–H and O–H groups in total. The van der Waals surface area contributed by atoms with Crippen LogP contribution in [-0.2, 0) is 4.79 Å². The van der Waals surface area contributed by atoms with Crippen molar-refractivity contribution in [1.29, 1.82) is 0 Å². The van der Waals surface area contributed by atoms with Gasteiger partial charge in [-0.25, -0.2) is 8.78 Å². The fourth-order valence-electron chi connectivity index (χ4n) is 1.44. The van der Waals surface area contributed by atoms with E-state index in [0.29, 0.717) is 6.42 Å². The first-order chi connectivity index (χ1) is 6.85. The summed E-state index contributed by atoms with van der Waals surface area (Å²) in [4.78, 5) is 10.7. The number of hydrogen-bond donors (Lipinski definition) is 1. The Balaban J connectivity index is 2.55. The fraction of sp³-hybridized carbons (Fsp3) is 0.875. The Bertz CT molecular complexity index is 249. The zero-order valence-corrected chi connectivity index (χ0v) is 9.24. The lowest BCUT2D eigenvalue weighted by Crippen LogP contribution is -2.50. The molecule has 15 heavy (non-hydrogen) atoms. The molecule has 0 aromatic rings. The summed E-state index contributed by atoms with van der Waals surface area (Å²) in [5.41, 5.74) is 0. The highest BCUT2D eigenvalue weighted by molar-refractivity contribution is 9.09. The third-order valence-corrected chi connectivity index (χ3v) is 3.42. The van der Waals surface area contributed by atoms with Crippen molar-refractivity contribution in [2.75, 3.05) is 0 Å². The van der Waals surface area contributed by atoms with E-state index in [1.54, 1.807) is 0 Å². The van der Waals surface area contributed by atoms with Crippen molar-refractivity contribution in [3.8, 4) is 0 Å². The average molecular weight is 292 g/mol. The van der Waals surface area contributed by atoms with Crippen LogP contribution < -0.4 is 5.32 Å². The molecule has 1 rings (SSSR count). The molecule has 1 saturated carbocycles. The Morgan fingerprint density at radius 3 is 2.40 bits per heavy atom. The van der Waals surface area contributed by atoms with Gasteiger partial charge in [0.05, 0.1) is 0 Å². The number of nitrogens with one attached hydrogen (secondary N) is 1. The van der Waals surface area contributed by atoms with Crippen molar-refractivity contribution >= 4 is 21.8 Å². The van der Waals surface area contributed by atoms with Crippen LogP contribution in [0.3, 0.4) is 0 Å². The Hall–Kier alpha value is -0.330. The van der Waals surface area contributed by atoms with Crippen LogP contribution >= 0.6 is 15.9 Å². The van der Waals surface area contributed by atoms with E-state index in [-0.39, 0.29) is 4.83 Å². The first-order valence-electron chi connectivity index (χ1n) is 4.46. The third kappa shape index (κ3) is 2.83. The zero-order valence-electron chi connectivity index (χ0n) is 7.65. The van der Waals surface area contributed by atoms with Gasteiger partial charge in [0.1, 0.15) is 0 Å². The molecule has 0 aliphatic heterocycles. The molecular formula is C8H10BrF4NO. The fourth-order valence-corrected chi connectivity index (χ4v) is 2.16. The molecule has 0 saturated heterocycles. The number of hydrogen-bond acceptors (Lipinski definition) is 1. The van der Waals surface area contributed by atoms with Crippen molar-refractivity contribution < 1.29 is 22.4 Å². The van der Waals surface area contributed by atoms with Crippen molar-refractivity contribution in [2.24, 2.45) is 0 Å². The van der Waals surface area contributed by atoms with E-state index in [0.717, 1.165) is 12.8 Å². The van der Waals surface area contributed by atoms with Gasteiger partial charge in [0.15, 0.2) is 0 Å². The lowest BCUT2D eigenvalue weighted by atomic mass is 10.2. The van der Waals surface area contributed by atoms with Gasteiger partial charge in [-0.3, -0.25) is 4.79 Å². The second-order valence-electron chi connectivity index (χ2n) is 3.45. The monoisotopic (exact) mass is 291 g/mol. The van der Waals surface area contributed by atoms with Crippen molar-refractivity contribution in [1.82, 2.24) is 5.32 Å². The summed E-state index contributed by atoms with van der Waals surface area (Å²) in [6.07, 6.45) is -1.92. The predicted octanol–water partition coefficient (Wildman–Crippen LogP) is 2.32. The van der Waals surface area contributed by atoms with E-state index >= 15 is 0 Å². The van der Waals surface area contributed by atoms with E-state index in [4.69, 9.17) is 0 Å². The second kappa shape index (κ2) is 4.67. The Labute approximate surface area is 92.5 Å². The summed E-state index contributed by atoms with van der Waals surface area (Å²) in [5.74, 6) is -6.50. The van der Waals surface area contributed by atoms with E-state index in [2.05, 4.69) is 15.9 Å². The van der Waals surface area contributed by atoms with Crippen LogP contribution in [0.4, 0.5) is 17.6 Å². The second-order valence-corrected chi connectivity index (χ2v) is 4.63. The maximum Gasteiger partial charge on any atom is 0.383 e. The lowest BCUT2D eigenvalue weighted by Gasteiger charge is -2.20. The molecule has 1 aliphatic rings. The van der Waals surface area contributed by atoms with Gasteiger partial charge >= 0.3 is 12.3 Å². The highest BCUT2D eigenvalue weighted by Crippen LogP contribution is 2.28. The Morgan fingerprint density at radius 1 is 1.40 bits per heavy atom. The van der Waals surface area contributed by atoms with Gasteiger partial charge in [-0.1, -0.05) is 22.4 Å². The molecule has 1 aliphatic carbocycles. The van der Waals surface area contributed by atoms with Gasteiger partial charge in [-0.2, -0.15) is 8.78 Å². The predicted molar refractivity (Wildman–Crippen MR) is 49.4 cm³/mol.